The van der Waals surface area contributed by atoms with Crippen molar-refractivity contribution in [2.45, 2.75) is 27.2 Å². The van der Waals surface area contributed by atoms with Crippen LogP contribution in [-0.4, -0.2) is 0 Å². The average Bonchev–Trinajstić information content (AvgIpc) is 1.85. The number of hydrogen-bond acceptors (Lipinski definition) is 0. The van der Waals surface area contributed by atoms with Crippen molar-refractivity contribution in [1.82, 2.24) is 0 Å². The summed E-state index contributed by atoms with van der Waals surface area (Å²) < 4.78 is 0. The Morgan fingerprint density at radius 2 is 1.50 bits per heavy atom. The molecule has 1 aromatic rings. The number of hydrogen-bond donors (Lipinski definition) is 0. The van der Waals surface area contributed by atoms with Crippen molar-refractivity contribution in [2.75, 3.05) is 0 Å². The van der Waals surface area contributed by atoms with E-state index in [4.69, 9.17) is 0 Å². The van der Waals surface area contributed by atoms with E-state index in [1.54, 1.807) is 0 Å². The van der Waals surface area contributed by atoms with Gasteiger partial charge >= 0.3 is 0 Å². The minimum atomic E-state index is 1.14. The SMILES string of the molecule is CCc1cc(C)cc(C)c1. The quantitative estimate of drug-likeness (QED) is 0.554. The Labute approximate surface area is 62.9 Å². The summed E-state index contributed by atoms with van der Waals surface area (Å²) in [7, 11) is 0. The molecule has 10 heavy (non-hydrogen) atoms. The molecule has 0 heteroatoms. The fourth-order valence-electron chi connectivity index (χ4n) is 1.27. The van der Waals surface area contributed by atoms with Crippen LogP contribution in [0.15, 0.2) is 18.2 Å². The van der Waals surface area contributed by atoms with Gasteiger partial charge in [-0.2, -0.15) is 0 Å². The van der Waals surface area contributed by atoms with Crippen molar-refractivity contribution in [1.29, 1.82) is 0 Å². The predicted octanol–water partition coefficient (Wildman–Crippen LogP) is 2.87. The first-order valence-corrected chi connectivity index (χ1v) is 3.79. The van der Waals surface area contributed by atoms with Crippen LogP contribution in [0.5, 0.6) is 0 Å². The molecule has 1 aromatic carbocycles. The van der Waals surface area contributed by atoms with Crippen LogP contribution in [-0.2, 0) is 6.42 Å². The molecule has 0 aliphatic rings. The zero-order valence-electron chi connectivity index (χ0n) is 6.94. The molecule has 0 aliphatic heterocycles. The average molecular weight is 134 g/mol. The summed E-state index contributed by atoms with van der Waals surface area (Å²) in [6.07, 6.45) is 1.14. The van der Waals surface area contributed by atoms with E-state index in [0.29, 0.717) is 0 Å². The third kappa shape index (κ3) is 1.60. The molecule has 0 nitrogen and oxygen atoms in total. The maximum absolute atomic E-state index is 2.24. The summed E-state index contributed by atoms with van der Waals surface area (Å²) in [6.45, 7) is 6.48. The van der Waals surface area contributed by atoms with Crippen molar-refractivity contribution < 1.29 is 0 Å². The van der Waals surface area contributed by atoms with E-state index in [1.807, 2.05) is 0 Å². The lowest BCUT2D eigenvalue weighted by atomic mass is 10.1. The molecule has 0 amide bonds. The molecular weight excluding hydrogens is 120 g/mol. The van der Waals surface area contributed by atoms with Crippen LogP contribution in [0, 0.1) is 13.8 Å². The smallest absolute Gasteiger partial charge is 0.0307 e. The van der Waals surface area contributed by atoms with Crippen molar-refractivity contribution in [3.05, 3.63) is 34.9 Å². The summed E-state index contributed by atoms with van der Waals surface area (Å²) in [5, 5.41) is 0. The van der Waals surface area contributed by atoms with Gasteiger partial charge in [0, 0.05) is 0 Å². The van der Waals surface area contributed by atoms with E-state index in [-0.39, 0.29) is 0 Å². The third-order valence-corrected chi connectivity index (χ3v) is 1.69. The fourth-order valence-corrected chi connectivity index (χ4v) is 1.27. The summed E-state index contributed by atoms with van der Waals surface area (Å²) in [6, 6.07) is 6.69. The highest BCUT2D eigenvalue weighted by molar-refractivity contribution is 5.28. The number of aryl methyl sites for hydroxylation is 3. The third-order valence-electron chi connectivity index (χ3n) is 1.69. The summed E-state index contributed by atoms with van der Waals surface area (Å²) in [5.74, 6) is 0. The van der Waals surface area contributed by atoms with Crippen molar-refractivity contribution in [3.8, 4) is 0 Å². The molecule has 0 aliphatic carbocycles. The van der Waals surface area contributed by atoms with Gasteiger partial charge in [0.25, 0.3) is 0 Å². The first-order chi connectivity index (χ1) is 4.72. The highest BCUT2D eigenvalue weighted by atomic mass is 14.0. The predicted molar refractivity (Wildman–Crippen MR) is 45.3 cm³/mol. The molecule has 0 saturated heterocycles. The molecule has 1 rings (SSSR count). The molecule has 0 N–H and O–H groups in total. The van der Waals surface area contributed by atoms with Gasteiger partial charge in [0.1, 0.15) is 0 Å². The topological polar surface area (TPSA) is 0 Å². The Balaban J connectivity index is 3.06. The maximum atomic E-state index is 2.24. The zero-order valence-corrected chi connectivity index (χ0v) is 6.94. The van der Waals surface area contributed by atoms with E-state index in [2.05, 4.69) is 39.0 Å². The highest BCUT2D eigenvalue weighted by Crippen LogP contribution is 2.08. The monoisotopic (exact) mass is 134 g/mol. The van der Waals surface area contributed by atoms with Gasteiger partial charge in [-0.3, -0.25) is 0 Å². The van der Waals surface area contributed by atoms with E-state index in [0.717, 1.165) is 6.42 Å². The van der Waals surface area contributed by atoms with E-state index >= 15 is 0 Å². The van der Waals surface area contributed by atoms with Crippen molar-refractivity contribution in [2.24, 2.45) is 0 Å². The van der Waals surface area contributed by atoms with Crippen LogP contribution >= 0.6 is 0 Å². The Morgan fingerprint density at radius 3 is 1.90 bits per heavy atom. The molecule has 0 fully saturated rings. The molecule has 0 unspecified atom stereocenters. The van der Waals surface area contributed by atoms with Crippen LogP contribution in [0.1, 0.15) is 23.6 Å². The standard InChI is InChI=1S/C10H14/c1-4-10-6-8(2)5-9(3)7-10/h5-7H,4H2,1-3H3. The van der Waals surface area contributed by atoms with Gasteiger partial charge in [0.05, 0.1) is 0 Å². The van der Waals surface area contributed by atoms with E-state index < -0.39 is 0 Å². The fraction of sp³-hybridized carbons (Fsp3) is 0.400. The maximum Gasteiger partial charge on any atom is -0.0307 e. The lowest BCUT2D eigenvalue weighted by Gasteiger charge is -2.00. The van der Waals surface area contributed by atoms with Crippen molar-refractivity contribution in [3.63, 3.8) is 0 Å². The molecule has 0 heterocycles. The summed E-state index contributed by atoms with van der Waals surface area (Å²) >= 11 is 0. The van der Waals surface area contributed by atoms with Crippen LogP contribution in [0.4, 0.5) is 0 Å². The first kappa shape index (κ1) is 7.33. The Kier molecular flexibility index (Phi) is 2.10. The molecule has 54 valence electrons. The summed E-state index contributed by atoms with van der Waals surface area (Å²) in [5.41, 5.74) is 4.19. The van der Waals surface area contributed by atoms with Gasteiger partial charge in [-0.15, -0.1) is 0 Å². The summed E-state index contributed by atoms with van der Waals surface area (Å²) in [4.78, 5) is 0. The second kappa shape index (κ2) is 2.87. The number of rotatable bonds is 1. The molecular formula is C10H14. The van der Waals surface area contributed by atoms with Crippen molar-refractivity contribution >= 4 is 0 Å². The second-order valence-corrected chi connectivity index (χ2v) is 2.85. The van der Waals surface area contributed by atoms with Gasteiger partial charge in [0.2, 0.25) is 0 Å². The van der Waals surface area contributed by atoms with Gasteiger partial charge in [0.15, 0.2) is 0 Å². The second-order valence-electron chi connectivity index (χ2n) is 2.85. The minimum Gasteiger partial charge on any atom is -0.0613 e. The molecule has 0 aromatic heterocycles. The molecule has 0 atom stereocenters. The first-order valence-electron chi connectivity index (χ1n) is 3.79. The lowest BCUT2D eigenvalue weighted by Crippen LogP contribution is -1.83. The van der Waals surface area contributed by atoms with Gasteiger partial charge < -0.3 is 0 Å². The number of benzene rings is 1. The Morgan fingerprint density at radius 1 is 1.00 bits per heavy atom. The Bertz CT molecular complexity index is 203. The van der Waals surface area contributed by atoms with Crippen LogP contribution < -0.4 is 0 Å². The molecule has 0 spiro atoms. The van der Waals surface area contributed by atoms with Gasteiger partial charge in [-0.25, -0.2) is 0 Å². The lowest BCUT2D eigenvalue weighted by molar-refractivity contribution is 1.12. The Hall–Kier alpha value is -0.780. The van der Waals surface area contributed by atoms with Crippen LogP contribution in [0.25, 0.3) is 0 Å². The van der Waals surface area contributed by atoms with E-state index in [9.17, 15) is 0 Å². The van der Waals surface area contributed by atoms with Crippen LogP contribution in [0.3, 0.4) is 0 Å². The highest BCUT2D eigenvalue weighted by Gasteiger charge is 1.91. The minimum absolute atomic E-state index is 1.14. The molecule has 0 bridgehead atoms. The van der Waals surface area contributed by atoms with Gasteiger partial charge in [-0.1, -0.05) is 36.2 Å². The molecule has 0 saturated carbocycles. The van der Waals surface area contributed by atoms with E-state index in [1.165, 1.54) is 16.7 Å². The zero-order chi connectivity index (χ0) is 7.56. The molecule has 0 radical (unpaired) electrons. The normalized spacial score (nSPS) is 9.90. The largest absolute Gasteiger partial charge is 0.0613 e. The van der Waals surface area contributed by atoms with Crippen LogP contribution in [0.2, 0.25) is 0 Å². The van der Waals surface area contributed by atoms with Gasteiger partial charge in [-0.05, 0) is 25.8 Å².